The molecule has 13 heteroatoms. The summed E-state index contributed by atoms with van der Waals surface area (Å²) in [5.74, 6) is -1.23. The van der Waals surface area contributed by atoms with Gasteiger partial charge in [-0.15, -0.1) is 0 Å². The Labute approximate surface area is 219 Å². The number of benzene rings is 1. The lowest BCUT2D eigenvalue weighted by atomic mass is 10.0. The summed E-state index contributed by atoms with van der Waals surface area (Å²) < 4.78 is 32.8. The molecular formula is C25H30F2N8O3. The second-order valence-electron chi connectivity index (χ2n) is 9.31. The first-order chi connectivity index (χ1) is 18.5. The van der Waals surface area contributed by atoms with Crippen LogP contribution in [0.25, 0.3) is 0 Å². The Morgan fingerprint density at radius 1 is 1.03 bits per heavy atom. The highest BCUT2D eigenvalue weighted by atomic mass is 19.1. The van der Waals surface area contributed by atoms with E-state index < -0.39 is 17.7 Å². The zero-order valence-electron chi connectivity index (χ0n) is 20.9. The van der Waals surface area contributed by atoms with Crippen molar-refractivity contribution in [3.63, 3.8) is 0 Å². The van der Waals surface area contributed by atoms with Crippen molar-refractivity contribution in [2.75, 3.05) is 70.5 Å². The molecule has 1 atom stereocenters. The van der Waals surface area contributed by atoms with E-state index in [1.165, 1.54) is 17.1 Å². The summed E-state index contributed by atoms with van der Waals surface area (Å²) in [6.45, 7) is 6.09. The van der Waals surface area contributed by atoms with Crippen molar-refractivity contribution in [1.82, 2.24) is 30.1 Å². The summed E-state index contributed by atoms with van der Waals surface area (Å²) in [6.07, 6.45) is 3.51. The van der Waals surface area contributed by atoms with Crippen molar-refractivity contribution in [2.45, 2.75) is 12.5 Å². The molecule has 2 aromatic rings. The van der Waals surface area contributed by atoms with Gasteiger partial charge in [0.2, 0.25) is 5.95 Å². The highest BCUT2D eigenvalue weighted by Crippen LogP contribution is 2.30. The first kappa shape index (κ1) is 25.9. The highest BCUT2D eigenvalue weighted by molar-refractivity contribution is 5.92. The van der Waals surface area contributed by atoms with E-state index in [1.54, 1.807) is 23.4 Å². The number of hydrogen-bond acceptors (Lipinski definition) is 8. The summed E-state index contributed by atoms with van der Waals surface area (Å²) in [5, 5.41) is 8.36. The van der Waals surface area contributed by atoms with Gasteiger partial charge >= 0.3 is 6.03 Å². The molecular weight excluding hydrogens is 498 g/mol. The van der Waals surface area contributed by atoms with E-state index >= 15 is 0 Å². The number of halogens is 2. The molecule has 38 heavy (non-hydrogen) atoms. The molecule has 3 aliphatic rings. The standard InChI is InChI=1S/C25H30F2N8O3/c26-19-15-18(16-20(27)17-19)22-2-4-30-35(22)25(37)34-9-7-33(8-10-34)24-29-3-1-21(31-24)23(36)28-5-6-32-11-13-38-14-12-32/h1,3-4,15-17,22H,2,5-14H2,(H,28,36)/t22-/m0/s1. The number of amides is 3. The Balaban J connectivity index is 1.14. The van der Waals surface area contributed by atoms with Gasteiger partial charge in [0.15, 0.2) is 0 Å². The number of nitrogens with zero attached hydrogens (tertiary/aromatic N) is 7. The zero-order valence-corrected chi connectivity index (χ0v) is 20.9. The third-order valence-electron chi connectivity index (χ3n) is 6.82. The van der Waals surface area contributed by atoms with Gasteiger partial charge in [0, 0.05) is 77.3 Å². The number of hydrogen-bond donors (Lipinski definition) is 1. The number of carbonyl (C=O) groups excluding carboxylic acids is 2. The van der Waals surface area contributed by atoms with Crippen LogP contribution in [0.1, 0.15) is 28.5 Å². The normalized spacial score (nSPS) is 20.2. The second-order valence-corrected chi connectivity index (χ2v) is 9.31. The molecule has 5 rings (SSSR count). The van der Waals surface area contributed by atoms with Gasteiger partial charge in [0.25, 0.3) is 5.91 Å². The van der Waals surface area contributed by atoms with Crippen LogP contribution in [0.2, 0.25) is 0 Å². The molecule has 0 saturated carbocycles. The smallest absolute Gasteiger partial charge is 0.341 e. The van der Waals surface area contributed by atoms with Gasteiger partial charge in [0.1, 0.15) is 17.3 Å². The van der Waals surface area contributed by atoms with E-state index in [0.717, 1.165) is 25.7 Å². The fourth-order valence-corrected chi connectivity index (χ4v) is 4.76. The molecule has 3 aliphatic heterocycles. The third-order valence-corrected chi connectivity index (χ3v) is 6.82. The van der Waals surface area contributed by atoms with Crippen LogP contribution in [0, 0.1) is 11.6 Å². The van der Waals surface area contributed by atoms with E-state index in [1.807, 2.05) is 4.90 Å². The number of ether oxygens (including phenoxy) is 1. The van der Waals surface area contributed by atoms with Crippen molar-refractivity contribution < 1.29 is 23.1 Å². The van der Waals surface area contributed by atoms with Gasteiger partial charge in [-0.3, -0.25) is 9.69 Å². The van der Waals surface area contributed by atoms with Crippen molar-refractivity contribution >= 4 is 24.1 Å². The van der Waals surface area contributed by atoms with Crippen molar-refractivity contribution in [3.05, 3.63) is 53.4 Å². The Hall–Kier alpha value is -3.71. The van der Waals surface area contributed by atoms with E-state index in [2.05, 4.69) is 25.3 Å². The summed E-state index contributed by atoms with van der Waals surface area (Å²) in [5.41, 5.74) is 0.646. The maximum absolute atomic E-state index is 13.7. The number of urea groups is 1. The first-order valence-electron chi connectivity index (χ1n) is 12.7. The summed E-state index contributed by atoms with van der Waals surface area (Å²) in [4.78, 5) is 40.4. The van der Waals surface area contributed by atoms with Crippen LogP contribution in [0.4, 0.5) is 19.5 Å². The average molecular weight is 529 g/mol. The molecule has 1 aromatic carbocycles. The minimum atomic E-state index is -0.694. The molecule has 11 nitrogen and oxygen atoms in total. The number of anilines is 1. The molecule has 202 valence electrons. The van der Waals surface area contributed by atoms with Crippen molar-refractivity contribution in [2.24, 2.45) is 5.10 Å². The van der Waals surface area contributed by atoms with E-state index in [9.17, 15) is 18.4 Å². The van der Waals surface area contributed by atoms with E-state index in [4.69, 9.17) is 4.74 Å². The molecule has 1 N–H and O–H groups in total. The highest BCUT2D eigenvalue weighted by Gasteiger charge is 2.34. The Morgan fingerprint density at radius 3 is 2.50 bits per heavy atom. The number of rotatable bonds is 6. The predicted molar refractivity (Wildman–Crippen MR) is 135 cm³/mol. The summed E-state index contributed by atoms with van der Waals surface area (Å²) in [6, 6.07) is 3.94. The molecule has 3 amide bonds. The number of hydrazone groups is 1. The van der Waals surface area contributed by atoms with Crippen LogP contribution in [0.3, 0.4) is 0 Å². The van der Waals surface area contributed by atoms with Crippen molar-refractivity contribution in [1.29, 1.82) is 0 Å². The Kier molecular flexibility index (Phi) is 8.03. The minimum absolute atomic E-state index is 0.262. The average Bonchev–Trinajstić information content (AvgIpc) is 3.43. The molecule has 0 bridgehead atoms. The lowest BCUT2D eigenvalue weighted by Gasteiger charge is -2.37. The van der Waals surface area contributed by atoms with Gasteiger partial charge in [-0.05, 0) is 23.8 Å². The number of aromatic nitrogens is 2. The zero-order chi connectivity index (χ0) is 26.5. The topological polar surface area (TPSA) is 107 Å². The van der Waals surface area contributed by atoms with Gasteiger partial charge in [-0.25, -0.2) is 28.6 Å². The maximum atomic E-state index is 13.7. The lowest BCUT2D eigenvalue weighted by molar-refractivity contribution is 0.0383. The summed E-state index contributed by atoms with van der Waals surface area (Å²) >= 11 is 0. The molecule has 0 aliphatic carbocycles. The van der Waals surface area contributed by atoms with Crippen LogP contribution in [0.15, 0.2) is 35.6 Å². The molecule has 2 saturated heterocycles. The lowest BCUT2D eigenvalue weighted by Crippen LogP contribution is -2.52. The number of piperazine rings is 1. The maximum Gasteiger partial charge on any atom is 0.341 e. The van der Waals surface area contributed by atoms with Gasteiger partial charge in [-0.1, -0.05) is 0 Å². The Bertz CT molecular complexity index is 1160. The van der Waals surface area contributed by atoms with Gasteiger partial charge in [0.05, 0.1) is 19.3 Å². The number of morpholine rings is 1. The van der Waals surface area contributed by atoms with E-state index in [-0.39, 0.29) is 17.6 Å². The number of carbonyl (C=O) groups is 2. The molecule has 1 aromatic heterocycles. The minimum Gasteiger partial charge on any atom is -0.379 e. The van der Waals surface area contributed by atoms with Crippen molar-refractivity contribution in [3.8, 4) is 0 Å². The van der Waals surface area contributed by atoms with Crippen LogP contribution in [-0.4, -0.2) is 109 Å². The monoisotopic (exact) mass is 528 g/mol. The molecule has 0 unspecified atom stereocenters. The largest absolute Gasteiger partial charge is 0.379 e. The summed E-state index contributed by atoms with van der Waals surface area (Å²) in [7, 11) is 0. The SMILES string of the molecule is O=C(NCCN1CCOCC1)c1ccnc(N2CCN(C(=O)N3N=CC[C@H]3c3cc(F)cc(F)c3)CC2)n1. The van der Waals surface area contributed by atoms with Crippen LogP contribution in [-0.2, 0) is 4.74 Å². The fourth-order valence-electron chi connectivity index (χ4n) is 4.76. The van der Waals surface area contributed by atoms with Gasteiger partial charge in [-0.2, -0.15) is 5.10 Å². The van der Waals surface area contributed by atoms with Gasteiger partial charge < -0.3 is 19.9 Å². The van der Waals surface area contributed by atoms with Crippen LogP contribution in [0.5, 0.6) is 0 Å². The third kappa shape index (κ3) is 6.05. The fraction of sp³-hybridized carbons (Fsp3) is 0.480. The Morgan fingerprint density at radius 2 is 1.76 bits per heavy atom. The van der Waals surface area contributed by atoms with Crippen LogP contribution < -0.4 is 10.2 Å². The second kappa shape index (κ2) is 11.8. The molecule has 4 heterocycles. The molecule has 0 spiro atoms. The number of nitrogens with one attached hydrogen (secondary N) is 1. The first-order valence-corrected chi connectivity index (χ1v) is 12.7. The quantitative estimate of drug-likeness (QED) is 0.606. The van der Waals surface area contributed by atoms with E-state index in [0.29, 0.717) is 63.9 Å². The molecule has 0 radical (unpaired) electrons. The predicted octanol–water partition coefficient (Wildman–Crippen LogP) is 1.49. The molecule has 2 fully saturated rings. The van der Waals surface area contributed by atoms with Crippen LogP contribution >= 0.6 is 0 Å².